The highest BCUT2D eigenvalue weighted by molar-refractivity contribution is 7.75. The van der Waals surface area contributed by atoms with Gasteiger partial charge in [-0.2, -0.15) is 9.98 Å². The Hall–Kier alpha value is -1.29. The summed E-state index contributed by atoms with van der Waals surface area (Å²) in [6.45, 7) is 0.398. The van der Waals surface area contributed by atoms with E-state index in [4.69, 9.17) is 0 Å². The molecule has 0 aromatic rings. The van der Waals surface area contributed by atoms with Crippen molar-refractivity contribution >= 4 is 31.7 Å². The minimum atomic E-state index is -0.576. The van der Waals surface area contributed by atoms with Crippen LogP contribution in [0.25, 0.3) is 0 Å². The Morgan fingerprint density at radius 1 is 1.00 bits per heavy atom. The highest BCUT2D eigenvalue weighted by atomic mass is 31.1. The number of carbonyl (C=O) groups excluding carboxylic acids is 2. The van der Waals surface area contributed by atoms with Crippen LogP contribution in [0.3, 0.4) is 0 Å². The number of nitrogens with zero attached hydrogens (tertiary/aromatic N) is 2. The molecule has 0 aromatic carbocycles. The first-order valence-corrected chi connectivity index (χ1v) is 4.50. The molecule has 0 saturated carbocycles. The Bertz CT molecular complexity index is 304. The Labute approximate surface area is 74.8 Å². The molecule has 0 radical (unpaired) electrons. The molecule has 2 rings (SSSR count). The summed E-state index contributed by atoms with van der Waals surface area (Å²) < 4.78 is 9.17. The van der Waals surface area contributed by atoms with Gasteiger partial charge in [0.2, 0.25) is 0 Å². The number of cyclic esters (lactones) is 2. The van der Waals surface area contributed by atoms with Crippen molar-refractivity contribution < 1.29 is 19.1 Å². The van der Waals surface area contributed by atoms with Crippen LogP contribution in [0.5, 0.6) is 0 Å². The molecule has 0 aliphatic carbocycles. The number of amides is 2. The van der Waals surface area contributed by atoms with Crippen molar-refractivity contribution in [3.63, 3.8) is 0 Å². The summed E-state index contributed by atoms with van der Waals surface area (Å²) in [5.74, 6) is 0. The molecule has 0 saturated heterocycles. The van der Waals surface area contributed by atoms with Gasteiger partial charge in [0, 0.05) is 0 Å². The molecule has 0 atom stereocenters. The molecule has 0 spiro atoms. The van der Waals surface area contributed by atoms with E-state index in [1.807, 2.05) is 0 Å². The predicted octanol–water partition coefficient (Wildman–Crippen LogP) is 0.762. The summed E-state index contributed by atoms with van der Waals surface area (Å²) >= 11 is 0. The van der Waals surface area contributed by atoms with Gasteiger partial charge >= 0.3 is 12.2 Å². The number of carbonyl (C=O) groups is 2. The summed E-state index contributed by atoms with van der Waals surface area (Å²) in [4.78, 5) is 28.3. The van der Waals surface area contributed by atoms with Crippen LogP contribution in [0.4, 0.5) is 9.59 Å². The van der Waals surface area contributed by atoms with E-state index in [0.717, 1.165) is 0 Å². The quantitative estimate of drug-likeness (QED) is 0.616. The largest absolute Gasteiger partial charge is 0.441 e. The summed E-state index contributed by atoms with van der Waals surface area (Å²) in [6.07, 6.45) is -1.15. The van der Waals surface area contributed by atoms with E-state index in [1.165, 1.54) is 0 Å². The highest BCUT2D eigenvalue weighted by Crippen LogP contribution is 2.23. The summed E-state index contributed by atoms with van der Waals surface area (Å²) in [5.41, 5.74) is 1.23. The zero-order valence-corrected chi connectivity index (χ0v) is 7.44. The lowest BCUT2D eigenvalue weighted by Crippen LogP contribution is -2.00. The molecule has 2 amide bonds. The molecule has 2 aliphatic heterocycles. The van der Waals surface area contributed by atoms with E-state index in [1.54, 1.807) is 0 Å². The second-order valence-electron chi connectivity index (χ2n) is 2.35. The highest BCUT2D eigenvalue weighted by Gasteiger charge is 2.21. The van der Waals surface area contributed by atoms with E-state index < -0.39 is 12.2 Å². The van der Waals surface area contributed by atoms with Gasteiger partial charge in [-0.15, -0.1) is 0 Å². The average Bonchev–Trinajstić information content (AvgIpc) is 2.62. The summed E-state index contributed by atoms with van der Waals surface area (Å²) in [6, 6.07) is 0. The first-order chi connectivity index (χ1) is 6.24. The van der Waals surface area contributed by atoms with Crippen molar-refractivity contribution in [2.45, 2.75) is 0 Å². The fourth-order valence-corrected chi connectivity index (χ4v) is 1.82. The zero-order valence-electron chi connectivity index (χ0n) is 6.44. The van der Waals surface area contributed by atoms with Gasteiger partial charge in [-0.25, -0.2) is 9.59 Å². The van der Waals surface area contributed by atoms with Crippen LogP contribution in [-0.4, -0.2) is 36.3 Å². The second kappa shape index (κ2) is 3.22. The molecule has 7 heteroatoms. The van der Waals surface area contributed by atoms with E-state index in [-0.39, 0.29) is 21.8 Å². The lowest BCUT2D eigenvalue weighted by atomic mass is 10.8. The summed E-state index contributed by atoms with van der Waals surface area (Å²) in [5, 5.41) is 0. The van der Waals surface area contributed by atoms with Gasteiger partial charge in [0.15, 0.2) is 0 Å². The van der Waals surface area contributed by atoms with Crippen LogP contribution in [0.1, 0.15) is 0 Å². The van der Waals surface area contributed by atoms with E-state index in [2.05, 4.69) is 19.5 Å². The maximum atomic E-state index is 10.5. The SMILES string of the molecule is O=C1N=C(PC2=NC(=O)OC2)CO1. The third-order valence-corrected chi connectivity index (χ3v) is 2.50. The Balaban J connectivity index is 1.99. The average molecular weight is 200 g/mol. The lowest BCUT2D eigenvalue weighted by Gasteiger charge is -1.95. The van der Waals surface area contributed by atoms with E-state index in [9.17, 15) is 9.59 Å². The Morgan fingerprint density at radius 3 is 1.77 bits per heavy atom. The molecular formula is C6H5N2O4P. The van der Waals surface area contributed by atoms with Crippen molar-refractivity contribution in [1.29, 1.82) is 0 Å². The van der Waals surface area contributed by atoms with Crippen molar-refractivity contribution in [3.8, 4) is 0 Å². The van der Waals surface area contributed by atoms with Crippen molar-refractivity contribution in [2.75, 3.05) is 13.2 Å². The minimum absolute atomic E-state index is 0.120. The number of hydrogen-bond acceptors (Lipinski definition) is 4. The Morgan fingerprint density at radius 2 is 1.46 bits per heavy atom. The number of hydrogen-bond donors (Lipinski definition) is 0. The van der Waals surface area contributed by atoms with Crippen LogP contribution in [-0.2, 0) is 9.47 Å². The molecule has 0 unspecified atom stereocenters. The van der Waals surface area contributed by atoms with Crippen molar-refractivity contribution in [2.24, 2.45) is 9.98 Å². The predicted molar refractivity (Wildman–Crippen MR) is 45.9 cm³/mol. The maximum absolute atomic E-state index is 10.5. The molecule has 0 aromatic heterocycles. The first-order valence-electron chi connectivity index (χ1n) is 3.50. The molecule has 13 heavy (non-hydrogen) atoms. The van der Waals surface area contributed by atoms with Gasteiger partial charge in [0.25, 0.3) is 0 Å². The van der Waals surface area contributed by atoms with Gasteiger partial charge in [-0.1, -0.05) is 0 Å². The van der Waals surface area contributed by atoms with Crippen LogP contribution in [0.2, 0.25) is 0 Å². The molecule has 0 fully saturated rings. The topological polar surface area (TPSA) is 77.3 Å². The molecule has 0 N–H and O–H groups in total. The molecule has 2 aliphatic rings. The minimum Gasteiger partial charge on any atom is -0.441 e. The molecule has 0 bridgehead atoms. The van der Waals surface area contributed by atoms with E-state index in [0.29, 0.717) is 10.9 Å². The number of rotatable bonds is 2. The van der Waals surface area contributed by atoms with Crippen LogP contribution in [0.15, 0.2) is 9.98 Å². The van der Waals surface area contributed by atoms with Gasteiger partial charge in [-0.3, -0.25) is 0 Å². The summed E-state index contributed by atoms with van der Waals surface area (Å²) in [7, 11) is 0.120. The van der Waals surface area contributed by atoms with Crippen molar-refractivity contribution in [3.05, 3.63) is 0 Å². The molecular weight excluding hydrogens is 195 g/mol. The van der Waals surface area contributed by atoms with Gasteiger partial charge < -0.3 is 9.47 Å². The lowest BCUT2D eigenvalue weighted by molar-refractivity contribution is 0.180. The van der Waals surface area contributed by atoms with Crippen molar-refractivity contribution in [1.82, 2.24) is 0 Å². The molecule has 2 heterocycles. The van der Waals surface area contributed by atoms with Gasteiger partial charge in [-0.05, 0) is 8.58 Å². The third kappa shape index (κ3) is 1.89. The monoisotopic (exact) mass is 200 g/mol. The second-order valence-corrected chi connectivity index (χ2v) is 3.76. The number of ether oxygens (including phenoxy) is 2. The zero-order chi connectivity index (χ0) is 9.26. The van der Waals surface area contributed by atoms with Gasteiger partial charge in [0.05, 0.1) is 10.9 Å². The fraction of sp³-hybridized carbons (Fsp3) is 0.333. The van der Waals surface area contributed by atoms with Crippen LogP contribution < -0.4 is 0 Å². The maximum Gasteiger partial charge on any atom is 0.434 e. The Kier molecular flexibility index (Phi) is 2.06. The first kappa shape index (κ1) is 8.31. The van der Waals surface area contributed by atoms with Gasteiger partial charge in [0.1, 0.15) is 13.2 Å². The van der Waals surface area contributed by atoms with E-state index >= 15 is 0 Å². The molecule has 68 valence electrons. The fourth-order valence-electron chi connectivity index (χ4n) is 0.904. The van der Waals surface area contributed by atoms with Crippen LogP contribution in [0, 0.1) is 0 Å². The third-order valence-electron chi connectivity index (χ3n) is 1.41. The standard InChI is InChI=1S/C6H5N2O4P/c9-5-7-3(1-11-5)13-4-2-12-6(10)8-4/h13H,1-2H2. The normalized spacial score (nSPS) is 20.9. The van der Waals surface area contributed by atoms with Crippen LogP contribution >= 0.6 is 8.58 Å². The number of aliphatic imine (C=N–C) groups is 2. The smallest absolute Gasteiger partial charge is 0.434 e. The molecule has 6 nitrogen and oxygen atoms in total.